The number of aldehydes is 1. The zero-order valence-electron chi connectivity index (χ0n) is 11.9. The molecule has 0 fully saturated rings. The first-order chi connectivity index (χ1) is 11.2. The largest absolute Gasteiger partial charge is 0.399 e. The lowest BCUT2D eigenvalue weighted by molar-refractivity contribution is -0.139. The summed E-state index contributed by atoms with van der Waals surface area (Å²) in [4.78, 5) is 10.6. The summed E-state index contributed by atoms with van der Waals surface area (Å²) >= 11 is 17.4. The Bertz CT molecular complexity index is 745. The number of alkyl halides is 3. The number of carbonyl (C=O) groups excluding carboxylic acids is 1. The van der Waals surface area contributed by atoms with Crippen LogP contribution in [0.1, 0.15) is 27.4 Å². The zero-order chi connectivity index (χ0) is 17.9. The Morgan fingerprint density at radius 2 is 1.42 bits per heavy atom. The van der Waals surface area contributed by atoms with Gasteiger partial charge in [-0.1, -0.05) is 71.2 Å². The maximum Gasteiger partial charge on any atom is 0.399 e. The Labute approximate surface area is 151 Å². The smallest absolute Gasteiger partial charge is 0.298 e. The molecule has 1 unspecified atom stereocenters. The molecule has 0 radical (unpaired) electrons. The number of hydrogen-bond acceptors (Lipinski definition) is 1. The third kappa shape index (κ3) is 4.53. The van der Waals surface area contributed by atoms with Gasteiger partial charge in [0.2, 0.25) is 0 Å². The first-order valence-corrected chi connectivity index (χ1v) is 7.80. The SMILES string of the molecule is O=Cc1ccc(C=CC(c2cc(Cl)c(Cl)c(Cl)c2)C(F)(F)F)cc1. The molecule has 1 nitrogen and oxygen atoms in total. The van der Waals surface area contributed by atoms with E-state index in [1.807, 2.05) is 0 Å². The van der Waals surface area contributed by atoms with E-state index >= 15 is 0 Å². The minimum Gasteiger partial charge on any atom is -0.298 e. The molecule has 7 heteroatoms. The summed E-state index contributed by atoms with van der Waals surface area (Å²) in [6.45, 7) is 0. The fraction of sp³-hybridized carbons (Fsp3) is 0.118. The lowest BCUT2D eigenvalue weighted by atomic mass is 9.97. The van der Waals surface area contributed by atoms with Crippen LogP contribution in [0.3, 0.4) is 0 Å². The molecule has 0 heterocycles. The van der Waals surface area contributed by atoms with Crippen LogP contribution >= 0.6 is 34.8 Å². The van der Waals surface area contributed by atoms with E-state index < -0.39 is 12.1 Å². The molecule has 0 bridgehead atoms. The average molecular weight is 394 g/mol. The van der Waals surface area contributed by atoms with Gasteiger partial charge in [-0.3, -0.25) is 4.79 Å². The molecular formula is C17H10Cl3F3O. The molecule has 2 aromatic rings. The summed E-state index contributed by atoms with van der Waals surface area (Å²) in [5.74, 6) is -1.89. The zero-order valence-corrected chi connectivity index (χ0v) is 14.2. The van der Waals surface area contributed by atoms with Crippen LogP contribution in [0.15, 0.2) is 42.5 Å². The minimum atomic E-state index is -4.53. The Kier molecular flexibility index (Phi) is 5.97. The highest BCUT2D eigenvalue weighted by atomic mass is 35.5. The van der Waals surface area contributed by atoms with Crippen LogP contribution in [-0.2, 0) is 0 Å². The molecule has 0 N–H and O–H groups in total. The number of benzene rings is 2. The van der Waals surface area contributed by atoms with Crippen molar-refractivity contribution in [1.82, 2.24) is 0 Å². The third-order valence-corrected chi connectivity index (χ3v) is 4.47. The highest BCUT2D eigenvalue weighted by Gasteiger charge is 2.39. The number of allylic oxidation sites excluding steroid dienone is 1. The van der Waals surface area contributed by atoms with Gasteiger partial charge in [-0.25, -0.2) is 0 Å². The van der Waals surface area contributed by atoms with Gasteiger partial charge in [-0.15, -0.1) is 0 Å². The summed E-state index contributed by atoms with van der Waals surface area (Å²) in [5, 5.41) is -0.0780. The standard InChI is InChI=1S/C17H10Cl3F3O/c18-14-7-12(8-15(19)16(14)20)13(17(21,22)23)6-5-10-1-3-11(9-24)4-2-10/h1-9,13H. The molecule has 0 aliphatic heterocycles. The Hall–Kier alpha value is -1.49. The van der Waals surface area contributed by atoms with Crippen LogP contribution in [0.25, 0.3) is 6.08 Å². The van der Waals surface area contributed by atoms with Gasteiger partial charge >= 0.3 is 6.18 Å². The van der Waals surface area contributed by atoms with E-state index in [9.17, 15) is 18.0 Å². The molecule has 2 aromatic carbocycles. The summed E-state index contributed by atoms with van der Waals surface area (Å²) in [5.41, 5.74) is 0.861. The number of halogens is 6. The summed E-state index contributed by atoms with van der Waals surface area (Å²) < 4.78 is 40.1. The van der Waals surface area contributed by atoms with E-state index in [4.69, 9.17) is 34.8 Å². The highest BCUT2D eigenvalue weighted by molar-refractivity contribution is 6.48. The van der Waals surface area contributed by atoms with Gasteiger partial charge < -0.3 is 0 Å². The molecule has 0 saturated heterocycles. The van der Waals surface area contributed by atoms with E-state index in [1.54, 1.807) is 12.1 Å². The van der Waals surface area contributed by atoms with Gasteiger partial charge in [0.05, 0.1) is 21.0 Å². The fourth-order valence-corrected chi connectivity index (χ4v) is 2.67. The van der Waals surface area contributed by atoms with Crippen LogP contribution < -0.4 is 0 Å². The predicted octanol–water partition coefficient (Wildman–Crippen LogP) is 6.82. The van der Waals surface area contributed by atoms with Gasteiger partial charge in [-0.2, -0.15) is 13.2 Å². The number of carbonyl (C=O) groups is 1. The molecule has 0 aliphatic carbocycles. The Morgan fingerprint density at radius 1 is 0.917 bits per heavy atom. The van der Waals surface area contributed by atoms with Crippen molar-refractivity contribution in [2.24, 2.45) is 0 Å². The fourth-order valence-electron chi connectivity index (χ4n) is 2.06. The molecule has 0 saturated carbocycles. The molecule has 0 amide bonds. The molecule has 126 valence electrons. The molecular weight excluding hydrogens is 384 g/mol. The summed E-state index contributed by atoms with van der Waals surface area (Å²) in [6.07, 6.45) is -1.54. The Morgan fingerprint density at radius 3 is 1.88 bits per heavy atom. The van der Waals surface area contributed by atoms with Crippen molar-refractivity contribution in [1.29, 1.82) is 0 Å². The molecule has 0 aromatic heterocycles. The monoisotopic (exact) mass is 392 g/mol. The van der Waals surface area contributed by atoms with Gasteiger partial charge in [0.25, 0.3) is 0 Å². The topological polar surface area (TPSA) is 17.1 Å². The van der Waals surface area contributed by atoms with Crippen molar-refractivity contribution in [3.8, 4) is 0 Å². The lowest BCUT2D eigenvalue weighted by Gasteiger charge is -2.18. The molecule has 24 heavy (non-hydrogen) atoms. The maximum atomic E-state index is 13.4. The van der Waals surface area contributed by atoms with Crippen molar-refractivity contribution in [3.05, 3.63) is 74.2 Å². The third-order valence-electron chi connectivity index (χ3n) is 3.27. The first-order valence-electron chi connectivity index (χ1n) is 6.67. The number of hydrogen-bond donors (Lipinski definition) is 0. The van der Waals surface area contributed by atoms with Crippen molar-refractivity contribution < 1.29 is 18.0 Å². The van der Waals surface area contributed by atoms with Crippen LogP contribution in [0, 0.1) is 0 Å². The average Bonchev–Trinajstić information content (AvgIpc) is 2.52. The predicted molar refractivity (Wildman–Crippen MR) is 91.1 cm³/mol. The second-order valence-corrected chi connectivity index (χ2v) is 6.15. The highest BCUT2D eigenvalue weighted by Crippen LogP contribution is 2.41. The van der Waals surface area contributed by atoms with Gasteiger partial charge in [-0.05, 0) is 23.3 Å². The van der Waals surface area contributed by atoms with E-state index in [2.05, 4.69) is 0 Å². The van der Waals surface area contributed by atoms with Crippen molar-refractivity contribution >= 4 is 47.2 Å². The van der Waals surface area contributed by atoms with Crippen LogP contribution in [0.5, 0.6) is 0 Å². The summed E-state index contributed by atoms with van der Waals surface area (Å²) in [7, 11) is 0. The van der Waals surface area contributed by atoms with Crippen LogP contribution in [-0.4, -0.2) is 12.5 Å². The Balaban J connectivity index is 2.39. The first kappa shape index (κ1) is 18.8. The van der Waals surface area contributed by atoms with Crippen molar-refractivity contribution in [3.63, 3.8) is 0 Å². The maximum absolute atomic E-state index is 13.4. The van der Waals surface area contributed by atoms with Gasteiger partial charge in [0, 0.05) is 5.56 Å². The summed E-state index contributed by atoms with van der Waals surface area (Å²) in [6, 6.07) is 8.43. The lowest BCUT2D eigenvalue weighted by Crippen LogP contribution is -2.19. The quantitative estimate of drug-likeness (QED) is 0.411. The molecule has 2 rings (SSSR count). The minimum absolute atomic E-state index is 0.0106. The van der Waals surface area contributed by atoms with E-state index in [0.717, 1.165) is 18.2 Å². The normalized spacial score (nSPS) is 13.2. The van der Waals surface area contributed by atoms with Crippen LogP contribution in [0.2, 0.25) is 15.1 Å². The van der Waals surface area contributed by atoms with Crippen molar-refractivity contribution in [2.45, 2.75) is 12.1 Å². The van der Waals surface area contributed by atoms with E-state index in [0.29, 0.717) is 17.4 Å². The van der Waals surface area contributed by atoms with E-state index in [1.165, 1.54) is 18.2 Å². The molecule has 1 atom stereocenters. The molecule has 0 aliphatic rings. The van der Waals surface area contributed by atoms with Gasteiger partial charge in [0.1, 0.15) is 6.29 Å². The second kappa shape index (κ2) is 7.60. The van der Waals surface area contributed by atoms with Gasteiger partial charge in [0.15, 0.2) is 0 Å². The van der Waals surface area contributed by atoms with E-state index in [-0.39, 0.29) is 20.6 Å². The number of rotatable bonds is 4. The van der Waals surface area contributed by atoms with Crippen LogP contribution in [0.4, 0.5) is 13.2 Å². The van der Waals surface area contributed by atoms with Crippen molar-refractivity contribution in [2.75, 3.05) is 0 Å². The molecule has 0 spiro atoms. The second-order valence-electron chi connectivity index (χ2n) is 4.96.